The molecule has 11 heteroatoms. The maximum Gasteiger partial charge on any atom is 0.344 e. The average molecular weight is 581 g/mol. The Morgan fingerprint density at radius 2 is 1.80 bits per heavy atom. The average Bonchev–Trinajstić information content (AvgIpc) is 3.23. The van der Waals surface area contributed by atoms with E-state index in [1.54, 1.807) is 49.4 Å². The van der Waals surface area contributed by atoms with Crippen LogP contribution in [0, 0.1) is 10.1 Å². The van der Waals surface area contributed by atoms with E-state index in [0.29, 0.717) is 44.9 Å². The zero-order chi connectivity index (χ0) is 28.6. The Bertz CT molecular complexity index is 1500. The predicted molar refractivity (Wildman–Crippen MR) is 155 cm³/mol. The first-order chi connectivity index (χ1) is 19.3. The number of rotatable bonds is 10. The van der Waals surface area contributed by atoms with E-state index in [9.17, 15) is 20.0 Å². The van der Waals surface area contributed by atoms with Crippen molar-refractivity contribution in [2.45, 2.75) is 20.5 Å². The highest BCUT2D eigenvalue weighted by atomic mass is 35.5. The Morgan fingerprint density at radius 1 is 1.07 bits per heavy atom. The second kappa shape index (κ2) is 13.2. The molecular weight excluding hydrogens is 556 g/mol. The predicted octanol–water partition coefficient (Wildman–Crippen LogP) is 7.42. The number of halogens is 1. The third-order valence-corrected chi connectivity index (χ3v) is 6.82. The van der Waals surface area contributed by atoms with Gasteiger partial charge >= 0.3 is 5.97 Å². The molecule has 1 aliphatic rings. The fraction of sp³-hybridized carbons (Fsp3) is 0.172. The van der Waals surface area contributed by atoms with Crippen molar-refractivity contribution in [3.8, 4) is 11.5 Å². The maximum absolute atomic E-state index is 12.7. The van der Waals surface area contributed by atoms with Crippen LogP contribution < -0.4 is 9.47 Å². The van der Waals surface area contributed by atoms with Crippen molar-refractivity contribution >= 4 is 51.8 Å². The lowest BCUT2D eigenvalue weighted by Gasteiger charge is -2.15. The molecule has 9 nitrogen and oxygen atoms in total. The molecule has 1 aliphatic heterocycles. The lowest BCUT2D eigenvalue weighted by molar-refractivity contribution is -0.384. The molecule has 0 aromatic heterocycles. The van der Waals surface area contributed by atoms with Crippen LogP contribution in [0.3, 0.4) is 0 Å². The number of carbonyl (C=O) groups excluding carboxylic acids is 1. The molecule has 0 atom stereocenters. The van der Waals surface area contributed by atoms with Crippen LogP contribution in [0.15, 0.2) is 88.0 Å². The van der Waals surface area contributed by atoms with Crippen LogP contribution in [-0.2, 0) is 16.1 Å². The molecule has 0 saturated heterocycles. The lowest BCUT2D eigenvalue weighted by Crippen LogP contribution is -2.12. The number of thioether (sulfide) groups is 1. The van der Waals surface area contributed by atoms with Gasteiger partial charge in [-0.2, -0.15) is 0 Å². The molecule has 0 amide bonds. The minimum atomic E-state index is -0.673. The van der Waals surface area contributed by atoms with Crippen molar-refractivity contribution in [2.24, 2.45) is 4.99 Å². The standard InChI is InChI=1S/C29H25ClN2O7S/c1-3-37-23-15-19(14-22(30)27(23)39-17-18-10-12-21(13-11-18)32(35)36)16-24-26(33)25(29(34)38-4-2)28(40-24)31-20-8-6-5-7-9-20/h5-16,33H,3-4,17H2,1-2H3/b24-16-,31-28?. The van der Waals surface area contributed by atoms with Crippen LogP contribution >= 0.6 is 23.4 Å². The Hall–Kier alpha value is -4.28. The quantitative estimate of drug-likeness (QED) is 0.149. The van der Waals surface area contributed by atoms with E-state index in [0.717, 1.165) is 11.8 Å². The Balaban J connectivity index is 1.64. The maximum atomic E-state index is 12.7. The van der Waals surface area contributed by atoms with Crippen molar-refractivity contribution in [2.75, 3.05) is 13.2 Å². The van der Waals surface area contributed by atoms with Gasteiger partial charge in [0.05, 0.1) is 33.8 Å². The number of benzene rings is 3. The number of hydrogen-bond acceptors (Lipinski definition) is 9. The summed E-state index contributed by atoms with van der Waals surface area (Å²) < 4.78 is 16.9. The zero-order valence-electron chi connectivity index (χ0n) is 21.6. The van der Waals surface area contributed by atoms with Crippen molar-refractivity contribution in [1.82, 2.24) is 0 Å². The number of nitro groups is 1. The Kier molecular flexibility index (Phi) is 9.47. The number of aliphatic hydroxyl groups is 1. The second-order valence-corrected chi connectivity index (χ2v) is 9.72. The van der Waals surface area contributed by atoms with E-state index in [2.05, 4.69) is 4.99 Å². The summed E-state index contributed by atoms with van der Waals surface area (Å²) in [5.74, 6) is -0.236. The van der Waals surface area contributed by atoms with Crippen molar-refractivity contribution in [3.05, 3.63) is 109 Å². The van der Waals surface area contributed by atoms with Crippen LogP contribution in [0.4, 0.5) is 11.4 Å². The van der Waals surface area contributed by atoms with Gasteiger partial charge in [-0.1, -0.05) is 41.6 Å². The molecule has 3 aromatic rings. The molecule has 1 heterocycles. The SMILES string of the molecule is CCOC(=O)C1=C(O)/C(=C/c2cc(Cl)c(OCc3ccc([N+](=O)[O-])cc3)c(OCC)c2)SC1=Nc1ccccc1. The zero-order valence-corrected chi connectivity index (χ0v) is 23.2. The van der Waals surface area contributed by atoms with Crippen molar-refractivity contribution in [1.29, 1.82) is 0 Å². The summed E-state index contributed by atoms with van der Waals surface area (Å²) in [4.78, 5) is 28.0. The van der Waals surface area contributed by atoms with Gasteiger partial charge in [-0.15, -0.1) is 0 Å². The third kappa shape index (κ3) is 6.83. The highest BCUT2D eigenvalue weighted by Gasteiger charge is 2.33. The highest BCUT2D eigenvalue weighted by Crippen LogP contribution is 2.42. The van der Waals surface area contributed by atoms with Crippen LogP contribution in [0.25, 0.3) is 6.08 Å². The number of para-hydroxylation sites is 1. The van der Waals surface area contributed by atoms with Gasteiger partial charge in [0.25, 0.3) is 5.69 Å². The topological polar surface area (TPSA) is 120 Å². The van der Waals surface area contributed by atoms with Gasteiger partial charge in [0.1, 0.15) is 23.0 Å². The lowest BCUT2D eigenvalue weighted by atomic mass is 10.1. The first-order valence-corrected chi connectivity index (χ1v) is 13.5. The summed E-state index contributed by atoms with van der Waals surface area (Å²) in [6.07, 6.45) is 1.67. The smallest absolute Gasteiger partial charge is 0.344 e. The minimum Gasteiger partial charge on any atom is -0.506 e. The summed E-state index contributed by atoms with van der Waals surface area (Å²) >= 11 is 7.71. The van der Waals surface area contributed by atoms with Gasteiger partial charge in [0.15, 0.2) is 11.5 Å². The number of aliphatic imine (C=N–C) groups is 1. The Labute approximate surface area is 239 Å². The van der Waals surface area contributed by atoms with E-state index >= 15 is 0 Å². The highest BCUT2D eigenvalue weighted by molar-refractivity contribution is 8.18. The van der Waals surface area contributed by atoms with Crippen LogP contribution in [0.1, 0.15) is 25.0 Å². The number of aliphatic hydroxyl groups excluding tert-OH is 1. The number of carbonyl (C=O) groups is 1. The second-order valence-electron chi connectivity index (χ2n) is 8.28. The van der Waals surface area contributed by atoms with Gasteiger partial charge in [-0.25, -0.2) is 9.79 Å². The number of nitrogens with zero attached hydrogens (tertiary/aromatic N) is 2. The molecule has 40 heavy (non-hydrogen) atoms. The molecule has 1 N–H and O–H groups in total. The molecule has 0 spiro atoms. The van der Waals surface area contributed by atoms with E-state index < -0.39 is 10.9 Å². The monoisotopic (exact) mass is 580 g/mol. The van der Waals surface area contributed by atoms with Gasteiger partial charge in [-0.3, -0.25) is 10.1 Å². The molecule has 0 radical (unpaired) electrons. The van der Waals surface area contributed by atoms with Crippen LogP contribution in [0.2, 0.25) is 5.02 Å². The minimum absolute atomic E-state index is 0.0128. The number of non-ortho nitro benzene ring substituents is 1. The normalized spacial score (nSPS) is 15.0. The summed E-state index contributed by atoms with van der Waals surface area (Å²) in [5.41, 5.74) is 1.90. The molecule has 0 bridgehead atoms. The number of ether oxygens (including phenoxy) is 3. The fourth-order valence-corrected chi connectivity index (χ4v) is 5.02. The molecule has 206 valence electrons. The Morgan fingerprint density at radius 3 is 2.45 bits per heavy atom. The number of hydrogen-bond donors (Lipinski definition) is 1. The van der Waals surface area contributed by atoms with Gasteiger partial charge in [0.2, 0.25) is 0 Å². The first-order valence-electron chi connectivity index (χ1n) is 12.3. The van der Waals surface area contributed by atoms with Crippen LogP contribution in [-0.4, -0.2) is 34.3 Å². The number of esters is 1. The van der Waals surface area contributed by atoms with E-state index in [1.807, 2.05) is 25.1 Å². The molecular formula is C29H25ClN2O7S. The fourth-order valence-electron chi connectivity index (χ4n) is 3.71. The summed E-state index contributed by atoms with van der Waals surface area (Å²) in [6, 6.07) is 18.5. The summed E-state index contributed by atoms with van der Waals surface area (Å²) in [5, 5.41) is 22.5. The summed E-state index contributed by atoms with van der Waals surface area (Å²) in [6.45, 7) is 4.10. The summed E-state index contributed by atoms with van der Waals surface area (Å²) in [7, 11) is 0. The molecule has 0 unspecified atom stereocenters. The molecule has 4 rings (SSSR count). The van der Waals surface area contributed by atoms with E-state index in [-0.39, 0.29) is 35.3 Å². The van der Waals surface area contributed by atoms with E-state index in [1.165, 1.54) is 12.1 Å². The van der Waals surface area contributed by atoms with Gasteiger partial charge < -0.3 is 19.3 Å². The third-order valence-electron chi connectivity index (χ3n) is 5.52. The molecule has 3 aromatic carbocycles. The van der Waals surface area contributed by atoms with Crippen LogP contribution in [0.5, 0.6) is 11.5 Å². The van der Waals surface area contributed by atoms with E-state index in [4.69, 9.17) is 25.8 Å². The largest absolute Gasteiger partial charge is 0.506 e. The molecule has 0 saturated carbocycles. The van der Waals surface area contributed by atoms with Crippen molar-refractivity contribution < 1.29 is 29.0 Å². The van der Waals surface area contributed by atoms with Gasteiger partial charge in [0, 0.05) is 12.1 Å². The van der Waals surface area contributed by atoms with Gasteiger partial charge in [-0.05, 0) is 67.4 Å². The molecule has 0 aliphatic carbocycles. The first kappa shape index (κ1) is 28.7. The van der Waals surface area contributed by atoms with Crippen molar-refractivity contribution in [3.63, 3.8) is 0 Å². The number of nitro benzene ring substituents is 1. The molecule has 0 fully saturated rings.